The molecule has 166 valence electrons. The number of aromatic amines is 1. The SMILES string of the molecule is CCOC(=O)c1cc2c(OCC(O)CNCCNc3c(C)cccc3C)cccc2[nH]1. The van der Waals surface area contributed by atoms with Crippen LogP contribution in [0.2, 0.25) is 0 Å². The van der Waals surface area contributed by atoms with Crippen molar-refractivity contribution in [1.82, 2.24) is 10.3 Å². The zero-order valence-electron chi connectivity index (χ0n) is 18.3. The van der Waals surface area contributed by atoms with Gasteiger partial charge in [-0.15, -0.1) is 0 Å². The maximum Gasteiger partial charge on any atom is 0.354 e. The summed E-state index contributed by atoms with van der Waals surface area (Å²) < 4.78 is 10.9. The number of esters is 1. The second-order valence-corrected chi connectivity index (χ2v) is 7.48. The topological polar surface area (TPSA) is 95.6 Å². The number of H-pyrrole nitrogens is 1. The normalized spacial score (nSPS) is 12.0. The molecular formula is C24H31N3O4. The Morgan fingerprint density at radius 1 is 1.13 bits per heavy atom. The third-order valence-corrected chi connectivity index (χ3v) is 5.02. The van der Waals surface area contributed by atoms with E-state index in [0.29, 0.717) is 24.6 Å². The third kappa shape index (κ3) is 5.99. The van der Waals surface area contributed by atoms with Gasteiger partial charge in [0.1, 0.15) is 24.2 Å². The first-order valence-electron chi connectivity index (χ1n) is 10.6. The highest BCUT2D eigenvalue weighted by Gasteiger charge is 2.14. The second-order valence-electron chi connectivity index (χ2n) is 7.48. The number of ether oxygens (including phenoxy) is 2. The van der Waals surface area contributed by atoms with Gasteiger partial charge < -0.3 is 30.2 Å². The molecule has 1 atom stereocenters. The average molecular weight is 426 g/mol. The number of fused-ring (bicyclic) bond motifs is 1. The Morgan fingerprint density at radius 2 is 1.87 bits per heavy atom. The van der Waals surface area contributed by atoms with Crippen molar-refractivity contribution in [3.8, 4) is 5.75 Å². The number of aliphatic hydroxyl groups is 1. The first kappa shape index (κ1) is 22.7. The van der Waals surface area contributed by atoms with Crippen LogP contribution in [0.5, 0.6) is 5.75 Å². The van der Waals surface area contributed by atoms with E-state index >= 15 is 0 Å². The molecular weight excluding hydrogens is 394 g/mol. The average Bonchev–Trinajstić information content (AvgIpc) is 3.19. The molecule has 0 amide bonds. The summed E-state index contributed by atoms with van der Waals surface area (Å²) in [5.41, 5.74) is 4.77. The summed E-state index contributed by atoms with van der Waals surface area (Å²) >= 11 is 0. The fraction of sp³-hybridized carbons (Fsp3) is 0.375. The zero-order valence-corrected chi connectivity index (χ0v) is 18.3. The van der Waals surface area contributed by atoms with Crippen LogP contribution in [0.3, 0.4) is 0 Å². The number of anilines is 1. The molecule has 0 aliphatic heterocycles. The predicted octanol–water partition coefficient (Wildman–Crippen LogP) is 3.40. The quantitative estimate of drug-likeness (QED) is 0.278. The Balaban J connectivity index is 1.45. The number of benzene rings is 2. The minimum absolute atomic E-state index is 0.149. The second kappa shape index (κ2) is 10.8. The fourth-order valence-electron chi connectivity index (χ4n) is 3.45. The van der Waals surface area contributed by atoms with E-state index in [9.17, 15) is 9.90 Å². The van der Waals surface area contributed by atoms with E-state index in [1.165, 1.54) is 11.1 Å². The first-order chi connectivity index (χ1) is 15.0. The van der Waals surface area contributed by atoms with Crippen LogP contribution in [0.1, 0.15) is 28.5 Å². The summed E-state index contributed by atoms with van der Waals surface area (Å²) in [6, 6.07) is 13.5. The molecule has 0 aliphatic carbocycles. The molecule has 3 aromatic rings. The van der Waals surface area contributed by atoms with Crippen molar-refractivity contribution in [1.29, 1.82) is 0 Å². The Hall–Kier alpha value is -3.03. The van der Waals surface area contributed by atoms with Gasteiger partial charge in [-0.2, -0.15) is 0 Å². The molecule has 0 bridgehead atoms. The van der Waals surface area contributed by atoms with E-state index in [1.54, 1.807) is 13.0 Å². The van der Waals surface area contributed by atoms with E-state index in [4.69, 9.17) is 9.47 Å². The number of aromatic nitrogens is 1. The van der Waals surface area contributed by atoms with Crippen molar-refractivity contribution in [2.45, 2.75) is 26.9 Å². The highest BCUT2D eigenvalue weighted by Crippen LogP contribution is 2.27. The van der Waals surface area contributed by atoms with Gasteiger partial charge in [0.05, 0.1) is 6.61 Å². The predicted molar refractivity (Wildman–Crippen MR) is 123 cm³/mol. The molecule has 1 unspecified atom stereocenters. The molecule has 2 aromatic carbocycles. The van der Waals surface area contributed by atoms with Crippen LogP contribution in [0.4, 0.5) is 5.69 Å². The summed E-state index contributed by atoms with van der Waals surface area (Å²) in [5.74, 6) is 0.212. The van der Waals surface area contributed by atoms with Crippen LogP contribution in [0.15, 0.2) is 42.5 Å². The largest absolute Gasteiger partial charge is 0.490 e. The molecule has 7 nitrogen and oxygen atoms in total. The van der Waals surface area contributed by atoms with E-state index in [-0.39, 0.29) is 6.61 Å². The van der Waals surface area contributed by atoms with Crippen LogP contribution < -0.4 is 15.4 Å². The van der Waals surface area contributed by atoms with Crippen LogP contribution in [-0.4, -0.2) is 55.0 Å². The van der Waals surface area contributed by atoms with E-state index in [2.05, 4.69) is 47.7 Å². The summed E-state index contributed by atoms with van der Waals surface area (Å²) in [4.78, 5) is 15.0. The van der Waals surface area contributed by atoms with Crippen molar-refractivity contribution in [3.05, 3.63) is 59.3 Å². The summed E-state index contributed by atoms with van der Waals surface area (Å²) in [5, 5.41) is 17.7. The standard InChI is InChI=1S/C24H31N3O4/c1-4-30-24(29)21-13-19-20(27-21)9-6-10-22(19)31-15-18(28)14-25-11-12-26-23-16(2)7-5-8-17(23)3/h5-10,13,18,25-28H,4,11-12,14-15H2,1-3H3. The number of carbonyl (C=O) groups excluding carboxylic acids is 1. The van der Waals surface area contributed by atoms with Gasteiger partial charge in [-0.05, 0) is 50.1 Å². The summed E-state index contributed by atoms with van der Waals surface area (Å²) in [7, 11) is 0. The third-order valence-electron chi connectivity index (χ3n) is 5.02. The molecule has 0 saturated carbocycles. The van der Waals surface area contributed by atoms with E-state index in [1.807, 2.05) is 18.2 Å². The molecule has 1 heterocycles. The summed E-state index contributed by atoms with van der Waals surface area (Å²) in [6.45, 7) is 8.32. The van der Waals surface area contributed by atoms with Crippen LogP contribution >= 0.6 is 0 Å². The molecule has 0 fully saturated rings. The minimum Gasteiger partial charge on any atom is -0.490 e. The number of carbonyl (C=O) groups is 1. The smallest absolute Gasteiger partial charge is 0.354 e. The molecule has 31 heavy (non-hydrogen) atoms. The molecule has 0 spiro atoms. The Morgan fingerprint density at radius 3 is 2.61 bits per heavy atom. The van der Waals surface area contributed by atoms with Gasteiger partial charge >= 0.3 is 5.97 Å². The number of hydrogen-bond donors (Lipinski definition) is 4. The minimum atomic E-state index is -0.654. The molecule has 0 radical (unpaired) electrons. The van der Waals surface area contributed by atoms with Crippen molar-refractivity contribution in [2.24, 2.45) is 0 Å². The molecule has 0 aliphatic rings. The molecule has 4 N–H and O–H groups in total. The number of aryl methyl sites for hydroxylation is 2. The van der Waals surface area contributed by atoms with Crippen molar-refractivity contribution in [3.63, 3.8) is 0 Å². The fourth-order valence-corrected chi connectivity index (χ4v) is 3.45. The van der Waals surface area contributed by atoms with Crippen molar-refractivity contribution >= 4 is 22.6 Å². The van der Waals surface area contributed by atoms with Crippen molar-refractivity contribution < 1.29 is 19.4 Å². The Kier molecular flexibility index (Phi) is 7.92. The first-order valence-corrected chi connectivity index (χ1v) is 10.6. The lowest BCUT2D eigenvalue weighted by Gasteiger charge is -2.15. The lowest BCUT2D eigenvalue weighted by atomic mass is 10.1. The Bertz CT molecular complexity index is 995. The highest BCUT2D eigenvalue weighted by molar-refractivity contribution is 5.97. The molecule has 1 aromatic heterocycles. The van der Waals surface area contributed by atoms with E-state index in [0.717, 1.165) is 29.7 Å². The van der Waals surface area contributed by atoms with Gasteiger partial charge in [0.25, 0.3) is 0 Å². The van der Waals surface area contributed by atoms with Gasteiger partial charge in [0.15, 0.2) is 0 Å². The number of para-hydroxylation sites is 1. The monoisotopic (exact) mass is 425 g/mol. The number of rotatable bonds is 11. The van der Waals surface area contributed by atoms with Crippen molar-refractivity contribution in [2.75, 3.05) is 38.2 Å². The summed E-state index contributed by atoms with van der Waals surface area (Å²) in [6.07, 6.45) is -0.654. The maximum atomic E-state index is 11.9. The maximum absolute atomic E-state index is 11.9. The lowest BCUT2D eigenvalue weighted by molar-refractivity contribution is 0.0520. The van der Waals surface area contributed by atoms with Gasteiger partial charge in [0.2, 0.25) is 0 Å². The van der Waals surface area contributed by atoms with Crippen LogP contribution in [-0.2, 0) is 4.74 Å². The van der Waals surface area contributed by atoms with Crippen LogP contribution in [0, 0.1) is 13.8 Å². The lowest BCUT2D eigenvalue weighted by Crippen LogP contribution is -2.34. The van der Waals surface area contributed by atoms with Gasteiger partial charge in [-0.25, -0.2) is 4.79 Å². The molecule has 3 rings (SSSR count). The number of hydrogen-bond acceptors (Lipinski definition) is 6. The van der Waals surface area contributed by atoms with Gasteiger partial charge in [-0.3, -0.25) is 0 Å². The van der Waals surface area contributed by atoms with Gasteiger partial charge in [-0.1, -0.05) is 24.3 Å². The van der Waals surface area contributed by atoms with Gasteiger partial charge in [0, 0.05) is 36.2 Å². The number of aliphatic hydroxyl groups excluding tert-OH is 1. The molecule has 7 heteroatoms. The highest BCUT2D eigenvalue weighted by atomic mass is 16.5. The molecule has 0 saturated heterocycles. The Labute approximate surface area is 182 Å². The zero-order chi connectivity index (χ0) is 22.2. The number of nitrogens with one attached hydrogen (secondary N) is 3. The van der Waals surface area contributed by atoms with Crippen LogP contribution in [0.25, 0.3) is 10.9 Å². The van der Waals surface area contributed by atoms with E-state index < -0.39 is 12.1 Å².